The molecule has 13 heavy (non-hydrogen) atoms. The number of rotatable bonds is 1. The molecule has 1 aromatic rings. The second-order valence-corrected chi connectivity index (χ2v) is 3.76. The van der Waals surface area contributed by atoms with E-state index in [1.54, 1.807) is 0 Å². The number of aromatic nitrogens is 1. The van der Waals surface area contributed by atoms with E-state index in [2.05, 4.69) is 10.3 Å². The van der Waals surface area contributed by atoms with Crippen LogP contribution >= 0.6 is 0 Å². The smallest absolute Gasteiger partial charge is 0.193 e. The first-order valence-corrected chi connectivity index (χ1v) is 4.89. The van der Waals surface area contributed by atoms with Gasteiger partial charge >= 0.3 is 0 Å². The number of aromatic amines is 1. The Labute approximate surface area is 78.2 Å². The Morgan fingerprint density at radius 1 is 1.46 bits per heavy atom. The van der Waals surface area contributed by atoms with Crippen LogP contribution in [-0.4, -0.2) is 16.6 Å². The number of piperidine rings is 1. The largest absolute Gasteiger partial charge is 0.494 e. The number of aryl methyl sites for hydroxylation is 1. The van der Waals surface area contributed by atoms with Crippen LogP contribution in [0.3, 0.4) is 0 Å². The fraction of sp³-hybridized carbons (Fsp3) is 0.600. The molecule has 2 rings (SSSR count). The molecule has 1 unspecified atom stereocenters. The van der Waals surface area contributed by atoms with E-state index in [1.165, 1.54) is 12.8 Å². The molecule has 1 fully saturated rings. The zero-order valence-electron chi connectivity index (χ0n) is 7.93. The van der Waals surface area contributed by atoms with Crippen LogP contribution in [0.4, 0.5) is 0 Å². The molecule has 0 aliphatic carbocycles. The molecule has 1 saturated heterocycles. The number of aromatic hydroxyl groups is 1. The summed E-state index contributed by atoms with van der Waals surface area (Å²) >= 11 is 0. The summed E-state index contributed by atoms with van der Waals surface area (Å²) in [6, 6.07) is 2.37. The highest BCUT2D eigenvalue weighted by Crippen LogP contribution is 2.29. The minimum Gasteiger partial charge on any atom is -0.494 e. The molecule has 0 amide bonds. The van der Waals surface area contributed by atoms with Crippen molar-refractivity contribution in [2.75, 3.05) is 6.54 Å². The molecule has 0 spiro atoms. The van der Waals surface area contributed by atoms with E-state index in [9.17, 15) is 5.11 Å². The SMILES string of the molecule is Cc1cc(C2CCCCN2)c(O)[nH]1. The van der Waals surface area contributed by atoms with E-state index < -0.39 is 0 Å². The van der Waals surface area contributed by atoms with Crippen LogP contribution in [0.1, 0.15) is 36.6 Å². The standard InChI is InChI=1S/C10H16N2O/c1-7-6-8(10(13)12-7)9-4-2-3-5-11-9/h6,9,11-13H,2-5H2,1H3. The third kappa shape index (κ3) is 1.70. The van der Waals surface area contributed by atoms with E-state index in [0.717, 1.165) is 24.2 Å². The van der Waals surface area contributed by atoms with Crippen molar-refractivity contribution in [2.45, 2.75) is 32.2 Å². The first-order valence-electron chi connectivity index (χ1n) is 4.89. The normalized spacial score (nSPS) is 23.3. The van der Waals surface area contributed by atoms with Crippen molar-refractivity contribution in [3.8, 4) is 5.88 Å². The van der Waals surface area contributed by atoms with E-state index in [0.29, 0.717) is 11.9 Å². The summed E-state index contributed by atoms with van der Waals surface area (Å²) in [4.78, 5) is 2.92. The highest BCUT2D eigenvalue weighted by Gasteiger charge is 2.18. The molecule has 3 nitrogen and oxygen atoms in total. The lowest BCUT2D eigenvalue weighted by molar-refractivity contribution is 0.387. The van der Waals surface area contributed by atoms with E-state index in [4.69, 9.17) is 0 Å². The predicted molar refractivity (Wildman–Crippen MR) is 51.8 cm³/mol. The van der Waals surface area contributed by atoms with Gasteiger partial charge in [0.05, 0.1) is 0 Å². The summed E-state index contributed by atoms with van der Waals surface area (Å²) in [5, 5.41) is 13.0. The second kappa shape index (κ2) is 3.42. The Morgan fingerprint density at radius 2 is 2.31 bits per heavy atom. The number of H-pyrrole nitrogens is 1. The van der Waals surface area contributed by atoms with Crippen molar-refractivity contribution in [3.63, 3.8) is 0 Å². The van der Waals surface area contributed by atoms with Crippen molar-refractivity contribution in [1.82, 2.24) is 10.3 Å². The number of hydrogen-bond donors (Lipinski definition) is 3. The van der Waals surface area contributed by atoms with E-state index >= 15 is 0 Å². The molecule has 2 heterocycles. The zero-order chi connectivity index (χ0) is 9.26. The van der Waals surface area contributed by atoms with Gasteiger partial charge < -0.3 is 15.4 Å². The summed E-state index contributed by atoms with van der Waals surface area (Å²) < 4.78 is 0. The molecule has 1 atom stereocenters. The summed E-state index contributed by atoms with van der Waals surface area (Å²) in [6.07, 6.45) is 3.63. The quantitative estimate of drug-likeness (QED) is 0.617. The molecular formula is C10H16N2O. The summed E-state index contributed by atoms with van der Waals surface area (Å²) in [7, 11) is 0. The fourth-order valence-electron chi connectivity index (χ4n) is 1.98. The van der Waals surface area contributed by atoms with Gasteiger partial charge in [0.15, 0.2) is 5.88 Å². The van der Waals surface area contributed by atoms with Gasteiger partial charge in [0.1, 0.15) is 0 Å². The van der Waals surface area contributed by atoms with Gasteiger partial charge in [-0.3, -0.25) is 0 Å². The Hall–Kier alpha value is -0.960. The van der Waals surface area contributed by atoms with Gasteiger partial charge in [-0.25, -0.2) is 0 Å². The van der Waals surface area contributed by atoms with Crippen molar-refractivity contribution in [3.05, 3.63) is 17.3 Å². The van der Waals surface area contributed by atoms with Gasteiger partial charge in [-0.1, -0.05) is 6.42 Å². The molecule has 0 radical (unpaired) electrons. The lowest BCUT2D eigenvalue weighted by atomic mass is 9.99. The Bertz CT molecular complexity index is 287. The minimum atomic E-state index is 0.330. The molecule has 0 saturated carbocycles. The topological polar surface area (TPSA) is 48.0 Å². The highest BCUT2D eigenvalue weighted by atomic mass is 16.3. The van der Waals surface area contributed by atoms with Crippen molar-refractivity contribution < 1.29 is 5.11 Å². The number of nitrogens with one attached hydrogen (secondary N) is 2. The van der Waals surface area contributed by atoms with Gasteiger partial charge in [0, 0.05) is 17.3 Å². The van der Waals surface area contributed by atoms with Crippen molar-refractivity contribution >= 4 is 0 Å². The van der Waals surface area contributed by atoms with Gasteiger partial charge in [-0.05, 0) is 32.4 Å². The second-order valence-electron chi connectivity index (χ2n) is 3.76. The molecular weight excluding hydrogens is 164 g/mol. The van der Waals surface area contributed by atoms with Crippen molar-refractivity contribution in [2.24, 2.45) is 0 Å². The van der Waals surface area contributed by atoms with Crippen LogP contribution in [0.25, 0.3) is 0 Å². The summed E-state index contributed by atoms with van der Waals surface area (Å²) in [6.45, 7) is 3.03. The maximum absolute atomic E-state index is 9.59. The van der Waals surface area contributed by atoms with Crippen LogP contribution in [0.15, 0.2) is 6.07 Å². The number of hydrogen-bond acceptors (Lipinski definition) is 2. The molecule has 0 aromatic carbocycles. The van der Waals surface area contributed by atoms with Crippen molar-refractivity contribution in [1.29, 1.82) is 0 Å². The van der Waals surface area contributed by atoms with Gasteiger partial charge in [0.2, 0.25) is 0 Å². The van der Waals surface area contributed by atoms with E-state index in [1.807, 2.05) is 13.0 Å². The van der Waals surface area contributed by atoms with Crippen LogP contribution in [0, 0.1) is 6.92 Å². The molecule has 1 aromatic heterocycles. The fourth-order valence-corrected chi connectivity index (χ4v) is 1.98. The highest BCUT2D eigenvalue weighted by molar-refractivity contribution is 5.32. The van der Waals surface area contributed by atoms with Gasteiger partial charge in [-0.2, -0.15) is 0 Å². The third-order valence-electron chi connectivity index (χ3n) is 2.65. The van der Waals surface area contributed by atoms with E-state index in [-0.39, 0.29) is 0 Å². The molecule has 3 N–H and O–H groups in total. The molecule has 3 heteroatoms. The maximum atomic E-state index is 9.59. The van der Waals surface area contributed by atoms with Crippen LogP contribution < -0.4 is 5.32 Å². The summed E-state index contributed by atoms with van der Waals surface area (Å²) in [5.74, 6) is 0.330. The minimum absolute atomic E-state index is 0.330. The first-order chi connectivity index (χ1) is 6.27. The van der Waals surface area contributed by atoms with Gasteiger partial charge in [0.25, 0.3) is 0 Å². The Balaban J connectivity index is 2.18. The molecule has 72 valence electrons. The Morgan fingerprint density at radius 3 is 2.85 bits per heavy atom. The lowest BCUT2D eigenvalue weighted by Crippen LogP contribution is -2.26. The molecule has 1 aliphatic rings. The zero-order valence-corrected chi connectivity index (χ0v) is 7.93. The third-order valence-corrected chi connectivity index (χ3v) is 2.65. The lowest BCUT2D eigenvalue weighted by Gasteiger charge is -2.22. The Kier molecular flexibility index (Phi) is 2.27. The first kappa shape index (κ1) is 8.63. The molecule has 1 aliphatic heterocycles. The average molecular weight is 180 g/mol. The maximum Gasteiger partial charge on any atom is 0.193 e. The molecule has 0 bridgehead atoms. The monoisotopic (exact) mass is 180 g/mol. The average Bonchev–Trinajstić information content (AvgIpc) is 2.47. The summed E-state index contributed by atoms with van der Waals surface area (Å²) in [5.41, 5.74) is 2.05. The van der Waals surface area contributed by atoms with Crippen LogP contribution in [0.2, 0.25) is 0 Å². The van der Waals surface area contributed by atoms with Gasteiger partial charge in [-0.15, -0.1) is 0 Å². The predicted octanol–water partition coefficient (Wildman–Crippen LogP) is 1.84. The van der Waals surface area contributed by atoms with Crippen LogP contribution in [-0.2, 0) is 0 Å². The van der Waals surface area contributed by atoms with Crippen LogP contribution in [0.5, 0.6) is 5.88 Å².